The molecule has 1 atom stereocenters. The summed E-state index contributed by atoms with van der Waals surface area (Å²) in [6.07, 6.45) is 2.63. The first-order chi connectivity index (χ1) is 9.16. The highest BCUT2D eigenvalue weighted by molar-refractivity contribution is 6.30. The van der Waals surface area contributed by atoms with Crippen molar-refractivity contribution in [3.05, 3.63) is 64.7 Å². The van der Waals surface area contributed by atoms with E-state index < -0.39 is 0 Å². The van der Waals surface area contributed by atoms with Crippen LogP contribution in [0.3, 0.4) is 0 Å². The molecule has 4 heteroatoms. The van der Waals surface area contributed by atoms with E-state index in [0.29, 0.717) is 0 Å². The molecule has 19 heavy (non-hydrogen) atoms. The van der Waals surface area contributed by atoms with Gasteiger partial charge < -0.3 is 5.32 Å². The molecule has 2 aromatic rings. The van der Waals surface area contributed by atoms with Crippen molar-refractivity contribution in [2.24, 2.45) is 0 Å². The lowest BCUT2D eigenvalue weighted by Crippen LogP contribution is -2.21. The molecular weight excluding hydrogens is 263 g/mol. The molecule has 2 nitrogen and oxygen atoms in total. The summed E-state index contributed by atoms with van der Waals surface area (Å²) in [5.74, 6) is -0.377. The van der Waals surface area contributed by atoms with Gasteiger partial charge >= 0.3 is 0 Å². The highest BCUT2D eigenvalue weighted by Crippen LogP contribution is 2.19. The third kappa shape index (κ3) is 4.01. The van der Waals surface area contributed by atoms with Crippen molar-refractivity contribution in [3.63, 3.8) is 0 Å². The molecule has 0 fully saturated rings. The third-order valence-electron chi connectivity index (χ3n) is 3.00. The van der Waals surface area contributed by atoms with Crippen LogP contribution in [0.4, 0.5) is 4.39 Å². The van der Waals surface area contributed by atoms with Crippen molar-refractivity contribution in [2.75, 3.05) is 6.54 Å². The highest BCUT2D eigenvalue weighted by atomic mass is 35.5. The summed E-state index contributed by atoms with van der Waals surface area (Å²) in [5, 5.41) is 3.50. The first-order valence-corrected chi connectivity index (χ1v) is 6.63. The lowest BCUT2D eigenvalue weighted by atomic mass is 10.1. The van der Waals surface area contributed by atoms with Crippen molar-refractivity contribution in [1.82, 2.24) is 10.3 Å². The van der Waals surface area contributed by atoms with Crippen molar-refractivity contribution in [1.29, 1.82) is 0 Å². The van der Waals surface area contributed by atoms with E-state index in [1.54, 1.807) is 12.3 Å². The van der Waals surface area contributed by atoms with E-state index in [-0.39, 0.29) is 16.9 Å². The molecule has 100 valence electrons. The number of nitrogens with one attached hydrogen (secondary N) is 1. The number of halogens is 2. The van der Waals surface area contributed by atoms with Gasteiger partial charge in [-0.2, -0.15) is 0 Å². The van der Waals surface area contributed by atoms with Gasteiger partial charge in [0, 0.05) is 30.9 Å². The minimum atomic E-state index is -0.377. The second-order valence-electron chi connectivity index (χ2n) is 4.42. The van der Waals surface area contributed by atoms with Gasteiger partial charge in [0.15, 0.2) is 0 Å². The summed E-state index contributed by atoms with van der Waals surface area (Å²) in [4.78, 5) is 4.26. The normalized spacial score (nSPS) is 12.4. The molecule has 1 N–H and O–H groups in total. The fourth-order valence-corrected chi connectivity index (χ4v) is 1.98. The lowest BCUT2D eigenvalue weighted by Gasteiger charge is -2.14. The van der Waals surface area contributed by atoms with Gasteiger partial charge in [0.25, 0.3) is 0 Å². The van der Waals surface area contributed by atoms with Gasteiger partial charge in [0.2, 0.25) is 0 Å². The van der Waals surface area contributed by atoms with Crippen LogP contribution in [0.25, 0.3) is 0 Å². The molecule has 0 amide bonds. The van der Waals surface area contributed by atoms with Crippen molar-refractivity contribution in [3.8, 4) is 0 Å². The molecule has 0 saturated carbocycles. The van der Waals surface area contributed by atoms with E-state index in [9.17, 15) is 4.39 Å². The summed E-state index contributed by atoms with van der Waals surface area (Å²) in [6.45, 7) is 2.80. The Bertz CT molecular complexity index is 531. The summed E-state index contributed by atoms with van der Waals surface area (Å²) < 4.78 is 13.4. The Morgan fingerprint density at radius 1 is 1.32 bits per heavy atom. The largest absolute Gasteiger partial charge is 0.310 e. The smallest absolute Gasteiger partial charge is 0.142 e. The summed E-state index contributed by atoms with van der Waals surface area (Å²) in [6, 6.07) is 10.8. The maximum absolute atomic E-state index is 13.4. The number of pyridine rings is 1. The van der Waals surface area contributed by atoms with Crippen LogP contribution in [0.5, 0.6) is 0 Å². The molecule has 0 aliphatic carbocycles. The van der Waals surface area contributed by atoms with Gasteiger partial charge in [-0.05, 0) is 36.8 Å². The topological polar surface area (TPSA) is 24.9 Å². The molecule has 0 radical (unpaired) electrons. The van der Waals surface area contributed by atoms with E-state index in [4.69, 9.17) is 11.6 Å². The Balaban J connectivity index is 1.87. The maximum Gasteiger partial charge on any atom is 0.142 e. The number of rotatable bonds is 5. The minimum absolute atomic E-state index is 0.0791. The molecule has 0 aliphatic rings. The van der Waals surface area contributed by atoms with Crippen LogP contribution >= 0.6 is 11.6 Å². The zero-order valence-electron chi connectivity index (χ0n) is 10.7. The molecule has 1 heterocycles. The average Bonchev–Trinajstić information content (AvgIpc) is 2.43. The van der Waals surface area contributed by atoms with Crippen molar-refractivity contribution >= 4 is 11.6 Å². The fraction of sp³-hybridized carbons (Fsp3) is 0.267. The monoisotopic (exact) mass is 278 g/mol. The van der Waals surface area contributed by atoms with Crippen molar-refractivity contribution in [2.45, 2.75) is 19.4 Å². The molecular formula is C15H16ClFN2. The SMILES string of the molecule is CC(NCCc1ccccn1)c1ccc(Cl)c(F)c1. The van der Waals surface area contributed by atoms with Gasteiger partial charge in [-0.25, -0.2) is 4.39 Å². The van der Waals surface area contributed by atoms with Gasteiger partial charge in [-0.15, -0.1) is 0 Å². The predicted octanol–water partition coefficient (Wildman–Crippen LogP) is 3.77. The van der Waals surface area contributed by atoms with Crippen LogP contribution < -0.4 is 5.32 Å². The Kier molecular flexibility index (Phi) is 4.88. The number of aromatic nitrogens is 1. The van der Waals surface area contributed by atoms with E-state index in [1.807, 2.05) is 31.2 Å². The van der Waals surface area contributed by atoms with E-state index in [2.05, 4.69) is 10.3 Å². The Hall–Kier alpha value is -1.45. The first kappa shape index (κ1) is 14.0. The molecule has 1 aromatic heterocycles. The zero-order chi connectivity index (χ0) is 13.7. The van der Waals surface area contributed by atoms with Crippen LogP contribution in [0, 0.1) is 5.82 Å². The standard InChI is InChI=1S/C15H16ClFN2/c1-11(12-5-6-14(16)15(17)10-12)18-9-7-13-4-2-3-8-19-13/h2-6,8,10-11,18H,7,9H2,1H3. The molecule has 0 bridgehead atoms. The molecule has 1 aromatic carbocycles. The number of hydrogen-bond donors (Lipinski definition) is 1. The zero-order valence-corrected chi connectivity index (χ0v) is 11.5. The lowest BCUT2D eigenvalue weighted by molar-refractivity contribution is 0.565. The maximum atomic E-state index is 13.4. The van der Waals surface area contributed by atoms with E-state index in [1.165, 1.54) is 6.07 Å². The van der Waals surface area contributed by atoms with Gasteiger partial charge in [-0.1, -0.05) is 23.7 Å². The predicted molar refractivity (Wildman–Crippen MR) is 75.8 cm³/mol. The van der Waals surface area contributed by atoms with Gasteiger partial charge in [-0.3, -0.25) is 4.98 Å². The average molecular weight is 279 g/mol. The molecule has 0 saturated heterocycles. The summed E-state index contributed by atoms with van der Waals surface area (Å²) in [7, 11) is 0. The van der Waals surface area contributed by atoms with Crippen LogP contribution in [0.1, 0.15) is 24.2 Å². The molecule has 2 rings (SSSR count). The highest BCUT2D eigenvalue weighted by Gasteiger charge is 2.07. The Morgan fingerprint density at radius 3 is 2.84 bits per heavy atom. The van der Waals surface area contributed by atoms with Crippen LogP contribution in [0.15, 0.2) is 42.6 Å². The van der Waals surface area contributed by atoms with Crippen LogP contribution in [-0.2, 0) is 6.42 Å². The first-order valence-electron chi connectivity index (χ1n) is 6.25. The number of nitrogens with zero attached hydrogens (tertiary/aromatic N) is 1. The van der Waals surface area contributed by atoms with E-state index in [0.717, 1.165) is 24.2 Å². The Morgan fingerprint density at radius 2 is 2.16 bits per heavy atom. The molecule has 0 spiro atoms. The second kappa shape index (κ2) is 6.64. The minimum Gasteiger partial charge on any atom is -0.310 e. The van der Waals surface area contributed by atoms with Crippen LogP contribution in [-0.4, -0.2) is 11.5 Å². The summed E-state index contributed by atoms with van der Waals surface area (Å²) >= 11 is 5.67. The van der Waals surface area contributed by atoms with Crippen LogP contribution in [0.2, 0.25) is 5.02 Å². The molecule has 1 unspecified atom stereocenters. The third-order valence-corrected chi connectivity index (χ3v) is 3.31. The van der Waals surface area contributed by atoms with Gasteiger partial charge in [0.05, 0.1) is 5.02 Å². The van der Waals surface area contributed by atoms with Gasteiger partial charge in [0.1, 0.15) is 5.82 Å². The van der Waals surface area contributed by atoms with Crippen molar-refractivity contribution < 1.29 is 4.39 Å². The number of hydrogen-bond acceptors (Lipinski definition) is 2. The quantitative estimate of drug-likeness (QED) is 0.901. The molecule has 0 aliphatic heterocycles. The number of benzene rings is 1. The summed E-state index contributed by atoms with van der Waals surface area (Å²) in [5.41, 5.74) is 1.94. The van der Waals surface area contributed by atoms with E-state index >= 15 is 0 Å². The second-order valence-corrected chi connectivity index (χ2v) is 4.83. The Labute approximate surface area is 117 Å². The fourth-order valence-electron chi connectivity index (χ4n) is 1.86.